The molecule has 7 nitrogen and oxygen atoms in total. The lowest BCUT2D eigenvalue weighted by molar-refractivity contribution is -0.117. The van der Waals surface area contributed by atoms with Gasteiger partial charge in [0.05, 0.1) is 12.1 Å². The van der Waals surface area contributed by atoms with E-state index in [9.17, 15) is 19.2 Å². The largest absolute Gasteiger partial charge is 0.368 e. The molecule has 0 aliphatic carbocycles. The van der Waals surface area contributed by atoms with Gasteiger partial charge in [0.25, 0.3) is 11.8 Å². The SMILES string of the molecule is NC(=O)CNC(=O)c1ccc(CNC(=O)c2ccccc2C(=O)c2ccc(Cl)cc2)cc1. The van der Waals surface area contributed by atoms with Gasteiger partial charge < -0.3 is 16.4 Å². The van der Waals surface area contributed by atoms with Gasteiger partial charge in [0, 0.05) is 28.3 Å². The Balaban J connectivity index is 1.67. The highest BCUT2D eigenvalue weighted by Crippen LogP contribution is 2.17. The van der Waals surface area contributed by atoms with Gasteiger partial charge in [-0.2, -0.15) is 0 Å². The topological polar surface area (TPSA) is 118 Å². The molecule has 0 aromatic heterocycles. The van der Waals surface area contributed by atoms with E-state index in [2.05, 4.69) is 10.6 Å². The first kappa shape index (κ1) is 22.7. The summed E-state index contributed by atoms with van der Waals surface area (Å²) in [5, 5.41) is 5.70. The Morgan fingerprint density at radius 1 is 0.719 bits per heavy atom. The highest BCUT2D eigenvalue weighted by atomic mass is 35.5. The van der Waals surface area contributed by atoms with E-state index in [0.717, 1.165) is 5.56 Å². The standard InChI is InChI=1S/C24H20ClN3O4/c25-18-11-9-16(10-12-18)22(30)19-3-1-2-4-20(19)24(32)27-13-15-5-7-17(8-6-15)23(31)28-14-21(26)29/h1-12H,13-14H2,(H2,26,29)(H,27,32)(H,28,31). The van der Waals surface area contributed by atoms with Gasteiger partial charge in [0.1, 0.15) is 0 Å². The van der Waals surface area contributed by atoms with Crippen LogP contribution in [0.1, 0.15) is 42.2 Å². The molecule has 0 unspecified atom stereocenters. The monoisotopic (exact) mass is 449 g/mol. The number of hydrogen-bond donors (Lipinski definition) is 3. The van der Waals surface area contributed by atoms with Crippen molar-refractivity contribution in [3.05, 3.63) is 106 Å². The van der Waals surface area contributed by atoms with E-state index in [1.165, 1.54) is 0 Å². The molecule has 0 spiro atoms. The molecule has 0 aliphatic heterocycles. The third kappa shape index (κ3) is 5.80. The van der Waals surface area contributed by atoms with Crippen molar-refractivity contribution in [3.8, 4) is 0 Å². The predicted octanol–water partition coefficient (Wildman–Crippen LogP) is 2.72. The fourth-order valence-corrected chi connectivity index (χ4v) is 3.08. The Labute approximate surface area is 189 Å². The summed E-state index contributed by atoms with van der Waals surface area (Å²) >= 11 is 5.88. The molecule has 4 N–H and O–H groups in total. The van der Waals surface area contributed by atoms with Crippen molar-refractivity contribution < 1.29 is 19.2 Å². The second-order valence-corrected chi connectivity index (χ2v) is 7.35. The molecule has 3 aromatic rings. The zero-order valence-electron chi connectivity index (χ0n) is 16.9. The average Bonchev–Trinajstić information content (AvgIpc) is 2.81. The molecular weight excluding hydrogens is 430 g/mol. The number of primary amides is 1. The van der Waals surface area contributed by atoms with Crippen LogP contribution < -0.4 is 16.4 Å². The Hall–Kier alpha value is -3.97. The molecule has 32 heavy (non-hydrogen) atoms. The van der Waals surface area contributed by atoms with Gasteiger partial charge in [-0.05, 0) is 48.0 Å². The number of benzene rings is 3. The van der Waals surface area contributed by atoms with Gasteiger partial charge in [-0.15, -0.1) is 0 Å². The van der Waals surface area contributed by atoms with E-state index in [0.29, 0.717) is 16.1 Å². The number of hydrogen-bond acceptors (Lipinski definition) is 4. The van der Waals surface area contributed by atoms with Crippen LogP contribution >= 0.6 is 11.6 Å². The maximum atomic E-state index is 12.9. The minimum absolute atomic E-state index is 0.200. The molecule has 0 atom stereocenters. The third-order valence-electron chi connectivity index (χ3n) is 4.62. The van der Waals surface area contributed by atoms with E-state index in [-0.39, 0.29) is 30.0 Å². The fourth-order valence-electron chi connectivity index (χ4n) is 2.96. The summed E-state index contributed by atoms with van der Waals surface area (Å²) in [7, 11) is 0. The van der Waals surface area contributed by atoms with Gasteiger partial charge in [-0.25, -0.2) is 0 Å². The minimum Gasteiger partial charge on any atom is -0.368 e. The van der Waals surface area contributed by atoms with Crippen LogP contribution in [-0.4, -0.2) is 30.0 Å². The lowest BCUT2D eigenvalue weighted by atomic mass is 9.98. The Bertz CT molecular complexity index is 1160. The molecule has 3 aromatic carbocycles. The first-order valence-electron chi connectivity index (χ1n) is 9.68. The number of nitrogens with two attached hydrogens (primary N) is 1. The normalized spacial score (nSPS) is 10.3. The molecule has 162 valence electrons. The molecule has 0 fully saturated rings. The summed E-state index contributed by atoms with van der Waals surface area (Å²) in [5.41, 5.74) is 7.10. The Morgan fingerprint density at radius 3 is 1.94 bits per heavy atom. The van der Waals surface area contributed by atoms with E-state index in [4.69, 9.17) is 17.3 Å². The van der Waals surface area contributed by atoms with Crippen molar-refractivity contribution in [1.29, 1.82) is 0 Å². The van der Waals surface area contributed by atoms with Crippen molar-refractivity contribution in [2.24, 2.45) is 5.73 Å². The van der Waals surface area contributed by atoms with Crippen LogP contribution in [0, 0.1) is 0 Å². The molecule has 0 aliphatic rings. The second kappa shape index (κ2) is 10.4. The summed E-state index contributed by atoms with van der Waals surface area (Å²) in [6.07, 6.45) is 0. The van der Waals surface area contributed by atoms with Crippen molar-refractivity contribution in [3.63, 3.8) is 0 Å². The fraction of sp³-hybridized carbons (Fsp3) is 0.0833. The zero-order valence-corrected chi connectivity index (χ0v) is 17.7. The first-order valence-corrected chi connectivity index (χ1v) is 10.1. The predicted molar refractivity (Wildman–Crippen MR) is 120 cm³/mol. The van der Waals surface area contributed by atoms with Crippen LogP contribution in [0.4, 0.5) is 0 Å². The van der Waals surface area contributed by atoms with E-state index < -0.39 is 17.7 Å². The van der Waals surface area contributed by atoms with E-state index >= 15 is 0 Å². The van der Waals surface area contributed by atoms with Crippen LogP contribution in [0.2, 0.25) is 5.02 Å². The molecule has 0 bridgehead atoms. The van der Waals surface area contributed by atoms with Crippen molar-refractivity contribution in [2.45, 2.75) is 6.54 Å². The quantitative estimate of drug-likeness (QED) is 0.458. The van der Waals surface area contributed by atoms with Gasteiger partial charge in [-0.1, -0.05) is 41.9 Å². The van der Waals surface area contributed by atoms with Gasteiger partial charge >= 0.3 is 0 Å². The first-order chi connectivity index (χ1) is 15.3. The number of ketones is 1. The van der Waals surface area contributed by atoms with Crippen molar-refractivity contribution in [2.75, 3.05) is 6.54 Å². The highest BCUT2D eigenvalue weighted by molar-refractivity contribution is 6.30. The van der Waals surface area contributed by atoms with Gasteiger partial charge in [-0.3, -0.25) is 19.2 Å². The Kier molecular flexibility index (Phi) is 7.36. The maximum absolute atomic E-state index is 12.9. The van der Waals surface area contributed by atoms with Crippen LogP contribution in [0.15, 0.2) is 72.8 Å². The number of carbonyl (C=O) groups is 4. The third-order valence-corrected chi connectivity index (χ3v) is 4.87. The Morgan fingerprint density at radius 2 is 1.31 bits per heavy atom. The smallest absolute Gasteiger partial charge is 0.252 e. The number of rotatable bonds is 8. The van der Waals surface area contributed by atoms with Gasteiger partial charge in [0.2, 0.25) is 5.91 Å². The zero-order chi connectivity index (χ0) is 23.1. The molecule has 3 amide bonds. The summed E-state index contributed by atoms with van der Waals surface area (Å²) in [5.74, 6) is -1.73. The van der Waals surface area contributed by atoms with Crippen LogP contribution in [0.5, 0.6) is 0 Å². The van der Waals surface area contributed by atoms with E-state index in [1.807, 2.05) is 0 Å². The molecular formula is C24H20ClN3O4. The summed E-state index contributed by atoms with van der Waals surface area (Å²) in [6, 6.07) is 19.6. The van der Waals surface area contributed by atoms with Crippen LogP contribution in [-0.2, 0) is 11.3 Å². The molecule has 0 heterocycles. The number of halogens is 1. The average molecular weight is 450 g/mol. The lowest BCUT2D eigenvalue weighted by Crippen LogP contribution is -2.33. The van der Waals surface area contributed by atoms with Crippen molar-refractivity contribution >= 4 is 35.1 Å². The summed E-state index contributed by atoms with van der Waals surface area (Å²) in [6.45, 7) is -0.0454. The van der Waals surface area contributed by atoms with Gasteiger partial charge in [0.15, 0.2) is 5.78 Å². The molecule has 8 heteroatoms. The lowest BCUT2D eigenvalue weighted by Gasteiger charge is -2.10. The summed E-state index contributed by atoms with van der Waals surface area (Å²) < 4.78 is 0. The number of nitrogens with one attached hydrogen (secondary N) is 2. The minimum atomic E-state index is -0.632. The molecule has 3 rings (SSSR count). The second-order valence-electron chi connectivity index (χ2n) is 6.91. The number of carbonyl (C=O) groups excluding carboxylic acids is 4. The molecule has 0 saturated carbocycles. The van der Waals surface area contributed by atoms with E-state index in [1.54, 1.807) is 72.8 Å². The molecule has 0 saturated heterocycles. The summed E-state index contributed by atoms with van der Waals surface area (Å²) in [4.78, 5) is 48.3. The molecule has 0 radical (unpaired) electrons. The highest BCUT2D eigenvalue weighted by Gasteiger charge is 2.18. The number of amides is 3. The maximum Gasteiger partial charge on any atom is 0.252 e. The van der Waals surface area contributed by atoms with Crippen LogP contribution in [0.25, 0.3) is 0 Å². The van der Waals surface area contributed by atoms with Crippen LogP contribution in [0.3, 0.4) is 0 Å². The van der Waals surface area contributed by atoms with Crippen molar-refractivity contribution in [1.82, 2.24) is 10.6 Å².